The third-order valence-corrected chi connectivity index (χ3v) is 2.98. The molecule has 1 amide bonds. The Morgan fingerprint density at radius 3 is 2.44 bits per heavy atom. The topological polar surface area (TPSA) is 71.5 Å². The average molecular weight is 259 g/mol. The third kappa shape index (κ3) is 2.46. The van der Waals surface area contributed by atoms with Crippen molar-refractivity contribution >= 4 is 6.09 Å². The molecule has 3 atom stereocenters. The van der Waals surface area contributed by atoms with Crippen LogP contribution in [0.1, 0.15) is 34.6 Å². The number of hydrogen-bond donors (Lipinski definition) is 1. The predicted molar refractivity (Wildman–Crippen MR) is 62.8 cm³/mol. The van der Waals surface area contributed by atoms with E-state index in [2.05, 4.69) is 0 Å². The first kappa shape index (κ1) is 13.6. The van der Waals surface area contributed by atoms with Crippen LogP contribution >= 0.6 is 0 Å². The number of epoxide rings is 1. The highest BCUT2D eigenvalue weighted by molar-refractivity contribution is 5.68. The SMILES string of the molecule is CC(C)(C)OC(=O)N1OC(C)(C)[C@H]1[C@@H]1O[C@@H]1CO. The Kier molecular flexibility index (Phi) is 3.08. The molecule has 0 aromatic heterocycles. The van der Waals surface area contributed by atoms with Gasteiger partial charge in [-0.3, -0.25) is 4.84 Å². The smallest absolute Gasteiger partial charge is 0.434 e. The monoisotopic (exact) mass is 259 g/mol. The third-order valence-electron chi connectivity index (χ3n) is 2.98. The molecule has 2 aliphatic rings. The summed E-state index contributed by atoms with van der Waals surface area (Å²) in [7, 11) is 0. The lowest BCUT2D eigenvalue weighted by Crippen LogP contribution is -2.69. The number of ether oxygens (including phenoxy) is 2. The van der Waals surface area contributed by atoms with Gasteiger partial charge in [-0.2, -0.15) is 5.06 Å². The van der Waals surface area contributed by atoms with Crippen molar-refractivity contribution in [2.45, 2.75) is 64.1 Å². The largest absolute Gasteiger partial charge is 0.442 e. The van der Waals surface area contributed by atoms with Gasteiger partial charge in [0.1, 0.15) is 29.5 Å². The highest BCUT2D eigenvalue weighted by Gasteiger charge is 2.63. The molecule has 0 saturated carbocycles. The number of rotatable bonds is 2. The molecule has 0 aromatic rings. The molecule has 104 valence electrons. The van der Waals surface area contributed by atoms with Gasteiger partial charge < -0.3 is 14.6 Å². The van der Waals surface area contributed by atoms with E-state index in [1.54, 1.807) is 20.8 Å². The van der Waals surface area contributed by atoms with Crippen LogP contribution in [0.2, 0.25) is 0 Å². The fourth-order valence-electron chi connectivity index (χ4n) is 2.17. The van der Waals surface area contributed by atoms with Crippen molar-refractivity contribution in [3.05, 3.63) is 0 Å². The van der Waals surface area contributed by atoms with Crippen molar-refractivity contribution in [2.24, 2.45) is 0 Å². The van der Waals surface area contributed by atoms with Crippen LogP contribution in [-0.2, 0) is 14.3 Å². The molecule has 2 heterocycles. The van der Waals surface area contributed by atoms with E-state index in [1.807, 2.05) is 13.8 Å². The van der Waals surface area contributed by atoms with Gasteiger partial charge >= 0.3 is 6.09 Å². The van der Waals surface area contributed by atoms with Crippen molar-refractivity contribution < 1.29 is 24.2 Å². The number of carbonyl (C=O) groups excluding carboxylic acids is 1. The van der Waals surface area contributed by atoms with E-state index in [9.17, 15) is 4.79 Å². The number of nitrogens with zero attached hydrogens (tertiary/aromatic N) is 1. The lowest BCUT2D eigenvalue weighted by atomic mass is 9.91. The zero-order chi connectivity index (χ0) is 13.7. The van der Waals surface area contributed by atoms with Gasteiger partial charge in [0.25, 0.3) is 0 Å². The molecular weight excluding hydrogens is 238 g/mol. The molecule has 0 unspecified atom stereocenters. The highest BCUT2D eigenvalue weighted by atomic mass is 16.8. The Labute approximate surface area is 107 Å². The standard InChI is InChI=1S/C12H21NO5/c1-11(2,3)17-10(15)13-9(12(4,5)18-13)8-7(6-14)16-8/h7-9,14H,6H2,1-5H3/t7-,8-,9-/m1/s1. The van der Waals surface area contributed by atoms with E-state index >= 15 is 0 Å². The van der Waals surface area contributed by atoms with Crippen LogP contribution in [-0.4, -0.2) is 52.3 Å². The summed E-state index contributed by atoms with van der Waals surface area (Å²) in [6, 6.07) is -0.218. The minimum atomic E-state index is -0.564. The molecule has 0 bridgehead atoms. The maximum absolute atomic E-state index is 11.9. The summed E-state index contributed by atoms with van der Waals surface area (Å²) in [5.41, 5.74) is -1.04. The van der Waals surface area contributed by atoms with E-state index in [0.29, 0.717) is 0 Å². The Morgan fingerprint density at radius 2 is 2.06 bits per heavy atom. The van der Waals surface area contributed by atoms with Gasteiger partial charge in [0.2, 0.25) is 0 Å². The van der Waals surface area contributed by atoms with Crippen molar-refractivity contribution in [3.8, 4) is 0 Å². The van der Waals surface area contributed by atoms with Gasteiger partial charge in [0.05, 0.1) is 6.61 Å². The zero-order valence-corrected chi connectivity index (χ0v) is 11.5. The summed E-state index contributed by atoms with van der Waals surface area (Å²) in [5, 5.41) is 10.2. The second-order valence-electron chi connectivity index (χ2n) is 6.27. The minimum absolute atomic E-state index is 0.0423. The second kappa shape index (κ2) is 4.08. The van der Waals surface area contributed by atoms with Gasteiger partial charge in [0.15, 0.2) is 0 Å². The fraction of sp³-hybridized carbons (Fsp3) is 0.917. The Bertz CT molecular complexity index is 349. The van der Waals surface area contributed by atoms with Gasteiger partial charge in [-0.05, 0) is 34.6 Å². The summed E-state index contributed by atoms with van der Waals surface area (Å²) in [6.07, 6.45) is -0.895. The molecule has 6 nitrogen and oxygen atoms in total. The molecule has 2 fully saturated rings. The van der Waals surface area contributed by atoms with Crippen LogP contribution in [0.25, 0.3) is 0 Å². The van der Waals surface area contributed by atoms with Crippen LogP contribution in [0.15, 0.2) is 0 Å². The molecule has 0 spiro atoms. The first-order valence-electron chi connectivity index (χ1n) is 6.13. The number of hydrogen-bond acceptors (Lipinski definition) is 5. The molecule has 2 rings (SSSR count). The number of amides is 1. The lowest BCUT2D eigenvalue weighted by molar-refractivity contribution is -0.359. The zero-order valence-electron chi connectivity index (χ0n) is 11.5. The molecule has 2 saturated heterocycles. The molecule has 0 radical (unpaired) electrons. The minimum Gasteiger partial charge on any atom is -0.442 e. The van der Waals surface area contributed by atoms with E-state index < -0.39 is 17.3 Å². The van der Waals surface area contributed by atoms with E-state index in [-0.39, 0.29) is 24.9 Å². The molecular formula is C12H21NO5. The molecule has 18 heavy (non-hydrogen) atoms. The van der Waals surface area contributed by atoms with Crippen molar-refractivity contribution in [3.63, 3.8) is 0 Å². The fourth-order valence-corrected chi connectivity index (χ4v) is 2.17. The van der Waals surface area contributed by atoms with Crippen LogP contribution in [0, 0.1) is 0 Å². The summed E-state index contributed by atoms with van der Waals surface area (Å²) >= 11 is 0. The van der Waals surface area contributed by atoms with Crippen molar-refractivity contribution in [1.82, 2.24) is 5.06 Å². The van der Waals surface area contributed by atoms with Crippen LogP contribution < -0.4 is 0 Å². The molecule has 6 heteroatoms. The second-order valence-corrected chi connectivity index (χ2v) is 6.27. The van der Waals surface area contributed by atoms with Crippen molar-refractivity contribution in [2.75, 3.05) is 6.61 Å². The highest BCUT2D eigenvalue weighted by Crippen LogP contribution is 2.43. The summed E-state index contributed by atoms with van der Waals surface area (Å²) in [4.78, 5) is 17.4. The first-order valence-corrected chi connectivity index (χ1v) is 6.13. The van der Waals surface area contributed by atoms with Crippen LogP contribution in [0.3, 0.4) is 0 Å². The summed E-state index contributed by atoms with van der Waals surface area (Å²) in [5.74, 6) is 0. The number of aliphatic hydroxyl groups is 1. The predicted octanol–water partition coefficient (Wildman–Crippen LogP) is 1.08. The first-order chi connectivity index (χ1) is 8.15. The maximum atomic E-state index is 11.9. The number of carbonyl (C=O) groups is 1. The Balaban J connectivity index is 2.00. The van der Waals surface area contributed by atoms with E-state index in [1.165, 1.54) is 5.06 Å². The van der Waals surface area contributed by atoms with E-state index in [4.69, 9.17) is 19.4 Å². The van der Waals surface area contributed by atoms with Gasteiger partial charge in [-0.15, -0.1) is 0 Å². The molecule has 0 aliphatic carbocycles. The van der Waals surface area contributed by atoms with Crippen molar-refractivity contribution in [1.29, 1.82) is 0 Å². The van der Waals surface area contributed by atoms with E-state index in [0.717, 1.165) is 0 Å². The van der Waals surface area contributed by atoms with Crippen LogP contribution in [0.4, 0.5) is 4.79 Å². The number of aliphatic hydroxyl groups excluding tert-OH is 1. The Morgan fingerprint density at radius 1 is 1.44 bits per heavy atom. The van der Waals surface area contributed by atoms with Crippen LogP contribution in [0.5, 0.6) is 0 Å². The normalized spacial score (nSPS) is 33.9. The molecule has 2 aliphatic heterocycles. The quantitative estimate of drug-likeness (QED) is 0.751. The van der Waals surface area contributed by atoms with Gasteiger partial charge in [-0.1, -0.05) is 0 Å². The maximum Gasteiger partial charge on any atom is 0.434 e. The van der Waals surface area contributed by atoms with Gasteiger partial charge in [0, 0.05) is 0 Å². The molecule has 0 aromatic carbocycles. The Hall–Kier alpha value is -0.850. The van der Waals surface area contributed by atoms with Gasteiger partial charge in [-0.25, -0.2) is 4.79 Å². The average Bonchev–Trinajstić information content (AvgIpc) is 2.90. The lowest BCUT2D eigenvalue weighted by Gasteiger charge is -2.51. The molecule has 1 N–H and O–H groups in total. The number of hydroxylamine groups is 2. The summed E-state index contributed by atoms with van der Waals surface area (Å²) < 4.78 is 10.6. The summed E-state index contributed by atoms with van der Waals surface area (Å²) in [6.45, 7) is 9.13.